The fourth-order valence-electron chi connectivity index (χ4n) is 2.37. The van der Waals surface area contributed by atoms with E-state index < -0.39 is 0 Å². The molecule has 0 saturated heterocycles. The van der Waals surface area contributed by atoms with Crippen LogP contribution >= 0.6 is 22.7 Å². The first kappa shape index (κ1) is 19.7. The number of benzene rings is 1. The summed E-state index contributed by atoms with van der Waals surface area (Å²) in [6.07, 6.45) is 1.93. The first-order valence-corrected chi connectivity index (χ1v) is 10.3. The minimum atomic E-state index is -0.311. The molecule has 0 saturated carbocycles. The summed E-state index contributed by atoms with van der Waals surface area (Å²) in [5.74, 6) is -0.746. The van der Waals surface area contributed by atoms with E-state index in [1.165, 1.54) is 22.7 Å². The molecule has 3 rings (SSSR count). The molecule has 144 valence electrons. The summed E-state index contributed by atoms with van der Waals surface area (Å²) in [6.45, 7) is 0. The smallest absolute Gasteiger partial charge is 0.229 e. The first-order valence-electron chi connectivity index (χ1n) is 8.50. The monoisotopic (exact) mass is 414 g/mol. The quantitative estimate of drug-likeness (QED) is 0.523. The second-order valence-electron chi connectivity index (χ2n) is 5.78. The molecule has 2 heterocycles. The van der Waals surface area contributed by atoms with Crippen molar-refractivity contribution in [1.29, 1.82) is 0 Å². The number of aromatic nitrogens is 1. The normalized spacial score (nSPS) is 10.3. The lowest BCUT2D eigenvalue weighted by atomic mass is 10.2. The lowest BCUT2D eigenvalue weighted by Crippen LogP contribution is -2.19. The van der Waals surface area contributed by atoms with E-state index in [0.29, 0.717) is 16.5 Å². The van der Waals surface area contributed by atoms with Crippen LogP contribution < -0.4 is 16.0 Å². The van der Waals surface area contributed by atoms with Crippen LogP contribution in [0.1, 0.15) is 17.7 Å². The Bertz CT molecular complexity index is 940. The predicted molar refractivity (Wildman–Crippen MR) is 112 cm³/mol. The number of thiazole rings is 1. The highest BCUT2D eigenvalue weighted by molar-refractivity contribution is 7.13. The Morgan fingerprint density at radius 1 is 0.786 bits per heavy atom. The molecule has 0 bridgehead atoms. The molecule has 0 aliphatic carbocycles. The lowest BCUT2D eigenvalue weighted by molar-refractivity contribution is -0.121. The van der Waals surface area contributed by atoms with Gasteiger partial charge >= 0.3 is 0 Å². The van der Waals surface area contributed by atoms with Crippen molar-refractivity contribution in [3.8, 4) is 0 Å². The van der Waals surface area contributed by atoms with Crippen molar-refractivity contribution in [2.75, 3.05) is 16.0 Å². The van der Waals surface area contributed by atoms with Gasteiger partial charge < -0.3 is 16.0 Å². The summed E-state index contributed by atoms with van der Waals surface area (Å²) >= 11 is 2.83. The Labute approximate surface area is 169 Å². The summed E-state index contributed by atoms with van der Waals surface area (Å²) in [7, 11) is 0. The molecule has 0 fully saturated rings. The molecule has 7 nitrogen and oxygen atoms in total. The Balaban J connectivity index is 1.51. The Morgan fingerprint density at radius 2 is 1.46 bits per heavy atom. The van der Waals surface area contributed by atoms with Crippen molar-refractivity contribution < 1.29 is 14.4 Å². The van der Waals surface area contributed by atoms with Gasteiger partial charge in [0.1, 0.15) is 0 Å². The van der Waals surface area contributed by atoms with Crippen LogP contribution in [0.25, 0.3) is 0 Å². The number of hydrogen-bond acceptors (Lipinski definition) is 6. The zero-order valence-corrected chi connectivity index (χ0v) is 16.4. The highest BCUT2D eigenvalue weighted by Gasteiger charge is 2.12. The van der Waals surface area contributed by atoms with Crippen LogP contribution in [-0.2, 0) is 20.8 Å². The van der Waals surface area contributed by atoms with Gasteiger partial charge in [0.05, 0.1) is 17.8 Å². The number of amides is 3. The molecule has 1 aromatic carbocycles. The summed E-state index contributed by atoms with van der Waals surface area (Å²) in [5, 5.41) is 12.4. The second kappa shape index (κ2) is 9.77. The average Bonchev–Trinajstić information content (AvgIpc) is 3.36. The van der Waals surface area contributed by atoms with E-state index in [0.717, 1.165) is 4.88 Å². The third-order valence-electron chi connectivity index (χ3n) is 3.65. The van der Waals surface area contributed by atoms with E-state index in [1.807, 2.05) is 17.5 Å². The summed E-state index contributed by atoms with van der Waals surface area (Å²) in [5.41, 5.74) is 1.01. The van der Waals surface area contributed by atoms with Gasteiger partial charge in [-0.25, -0.2) is 4.98 Å². The number of thiophene rings is 1. The van der Waals surface area contributed by atoms with Crippen LogP contribution in [0.4, 0.5) is 16.5 Å². The third-order valence-corrected chi connectivity index (χ3v) is 5.21. The summed E-state index contributed by atoms with van der Waals surface area (Å²) in [6, 6.07) is 10.8. The average molecular weight is 415 g/mol. The van der Waals surface area contributed by atoms with Crippen molar-refractivity contribution in [1.82, 2.24) is 4.98 Å². The minimum Gasteiger partial charge on any atom is -0.324 e. The molecule has 0 atom stereocenters. The van der Waals surface area contributed by atoms with Gasteiger partial charge in [0.25, 0.3) is 0 Å². The van der Waals surface area contributed by atoms with Crippen LogP contribution in [0.15, 0.2) is 53.4 Å². The lowest BCUT2D eigenvalue weighted by Gasteiger charge is -2.12. The van der Waals surface area contributed by atoms with Crippen LogP contribution in [0.3, 0.4) is 0 Å². The molecule has 3 aromatic rings. The zero-order chi connectivity index (χ0) is 19.8. The fourth-order valence-corrected chi connectivity index (χ4v) is 3.62. The standard InChI is InChI=1S/C19H18N4O3S2/c24-16(7-8-17(25)23-19-20-9-11-28-19)21-14-5-1-2-6-15(14)22-18(26)12-13-4-3-10-27-13/h1-6,9-11H,7-8,12H2,(H,21,24)(H,22,26)(H,20,23,25). The maximum atomic E-state index is 12.2. The molecule has 0 aliphatic rings. The SMILES string of the molecule is O=C(CCC(=O)Nc1ccccc1NC(=O)Cc1cccs1)Nc1nccs1. The highest BCUT2D eigenvalue weighted by atomic mass is 32.1. The molecule has 0 spiro atoms. The largest absolute Gasteiger partial charge is 0.324 e. The zero-order valence-electron chi connectivity index (χ0n) is 14.8. The topological polar surface area (TPSA) is 100 Å². The van der Waals surface area contributed by atoms with Gasteiger partial charge in [-0.15, -0.1) is 22.7 Å². The number of rotatable bonds is 8. The molecule has 0 unspecified atom stereocenters. The molecular weight excluding hydrogens is 396 g/mol. The third kappa shape index (κ3) is 6.00. The van der Waals surface area contributed by atoms with E-state index in [4.69, 9.17) is 0 Å². The number of nitrogens with zero attached hydrogens (tertiary/aromatic N) is 1. The summed E-state index contributed by atoms with van der Waals surface area (Å²) < 4.78 is 0. The van der Waals surface area contributed by atoms with E-state index in [1.54, 1.807) is 35.8 Å². The maximum absolute atomic E-state index is 12.2. The number of hydrogen-bond donors (Lipinski definition) is 3. The summed E-state index contributed by atoms with van der Waals surface area (Å²) in [4.78, 5) is 41.2. The van der Waals surface area contributed by atoms with Crippen molar-refractivity contribution in [2.24, 2.45) is 0 Å². The van der Waals surface area contributed by atoms with Crippen LogP contribution in [0, 0.1) is 0 Å². The van der Waals surface area contributed by atoms with Crippen molar-refractivity contribution in [3.63, 3.8) is 0 Å². The van der Waals surface area contributed by atoms with Gasteiger partial charge in [-0.2, -0.15) is 0 Å². The molecule has 3 amide bonds. The Morgan fingerprint density at radius 3 is 2.07 bits per heavy atom. The number of nitrogens with one attached hydrogen (secondary N) is 3. The molecule has 2 aromatic heterocycles. The number of carbonyl (C=O) groups is 3. The van der Waals surface area contributed by atoms with E-state index in [2.05, 4.69) is 20.9 Å². The van der Waals surface area contributed by atoms with Gasteiger partial charge in [0.15, 0.2) is 5.13 Å². The maximum Gasteiger partial charge on any atom is 0.229 e. The van der Waals surface area contributed by atoms with Gasteiger partial charge in [-0.1, -0.05) is 18.2 Å². The van der Waals surface area contributed by atoms with Crippen LogP contribution in [0.2, 0.25) is 0 Å². The predicted octanol–water partition coefficient (Wildman–Crippen LogP) is 3.74. The molecule has 0 radical (unpaired) electrons. The molecular formula is C19H18N4O3S2. The van der Waals surface area contributed by atoms with Gasteiger partial charge in [-0.05, 0) is 23.6 Å². The molecule has 3 N–H and O–H groups in total. The number of carbonyl (C=O) groups excluding carboxylic acids is 3. The van der Waals surface area contributed by atoms with Crippen molar-refractivity contribution in [2.45, 2.75) is 19.3 Å². The van der Waals surface area contributed by atoms with Gasteiger partial charge in [0, 0.05) is 29.3 Å². The van der Waals surface area contributed by atoms with Crippen molar-refractivity contribution >= 4 is 56.9 Å². The Kier molecular flexibility index (Phi) is 6.88. The fraction of sp³-hybridized carbons (Fsp3) is 0.158. The van der Waals surface area contributed by atoms with E-state index in [9.17, 15) is 14.4 Å². The molecule has 0 aliphatic heterocycles. The van der Waals surface area contributed by atoms with Gasteiger partial charge in [0.2, 0.25) is 17.7 Å². The first-order chi connectivity index (χ1) is 13.6. The second-order valence-corrected chi connectivity index (χ2v) is 7.71. The highest BCUT2D eigenvalue weighted by Crippen LogP contribution is 2.22. The van der Waals surface area contributed by atoms with E-state index in [-0.39, 0.29) is 37.0 Å². The van der Waals surface area contributed by atoms with E-state index >= 15 is 0 Å². The van der Waals surface area contributed by atoms with Crippen LogP contribution in [-0.4, -0.2) is 22.7 Å². The minimum absolute atomic E-state index is 0.0225. The van der Waals surface area contributed by atoms with Gasteiger partial charge in [-0.3, -0.25) is 14.4 Å². The number of para-hydroxylation sites is 2. The Hall–Kier alpha value is -3.04. The number of anilines is 3. The molecule has 9 heteroatoms. The van der Waals surface area contributed by atoms with Crippen LogP contribution in [0.5, 0.6) is 0 Å². The van der Waals surface area contributed by atoms with Crippen molar-refractivity contribution in [3.05, 3.63) is 58.2 Å². The molecule has 28 heavy (non-hydrogen) atoms.